The highest BCUT2D eigenvalue weighted by molar-refractivity contribution is 7.89. The fourth-order valence-corrected chi connectivity index (χ4v) is 5.72. The second-order valence-electron chi connectivity index (χ2n) is 8.63. The molecule has 0 atom stereocenters. The largest absolute Gasteiger partial charge is 0.382 e. The number of nitrogens with one attached hydrogen (secondary N) is 1. The molecule has 188 valence electrons. The van der Waals surface area contributed by atoms with Crippen LogP contribution < -0.4 is 11.1 Å². The highest BCUT2D eigenvalue weighted by Gasteiger charge is 2.31. The number of halogens is 1. The minimum absolute atomic E-state index is 0.0389. The van der Waals surface area contributed by atoms with Gasteiger partial charge in [-0.3, -0.25) is 0 Å². The summed E-state index contributed by atoms with van der Waals surface area (Å²) in [4.78, 5) is 17.1. The number of hydrogen-bond acceptors (Lipinski definition) is 9. The van der Waals surface area contributed by atoms with Gasteiger partial charge in [-0.2, -0.15) is 9.40 Å². The van der Waals surface area contributed by atoms with Crippen molar-refractivity contribution < 1.29 is 8.42 Å². The maximum Gasteiger partial charge on any atom is 0.262 e. The zero-order chi connectivity index (χ0) is 25.4. The lowest BCUT2D eigenvalue weighted by atomic mass is 10.1. The van der Waals surface area contributed by atoms with Crippen molar-refractivity contribution in [3.8, 4) is 16.9 Å². The van der Waals surface area contributed by atoms with E-state index in [1.54, 1.807) is 41.0 Å². The van der Waals surface area contributed by atoms with Crippen LogP contribution in [-0.2, 0) is 17.1 Å². The summed E-state index contributed by atoms with van der Waals surface area (Å²) in [6.45, 7) is 2.70. The molecule has 1 aliphatic rings. The van der Waals surface area contributed by atoms with E-state index >= 15 is 0 Å². The van der Waals surface area contributed by atoms with E-state index in [0.29, 0.717) is 42.6 Å². The molecule has 0 aromatic carbocycles. The normalized spacial score (nSPS) is 15.3. The molecule has 5 rings (SSSR count). The summed E-state index contributed by atoms with van der Waals surface area (Å²) >= 11 is 6.29. The maximum atomic E-state index is 12.8. The Bertz CT molecular complexity index is 1510. The lowest BCUT2D eigenvalue weighted by molar-refractivity contribution is 0.328. The number of nitrogens with two attached hydrogens (primary N) is 1. The zero-order valence-electron chi connectivity index (χ0n) is 19.7. The topological polar surface area (TPSA) is 150 Å². The first-order valence-corrected chi connectivity index (χ1v) is 13.1. The van der Waals surface area contributed by atoms with Gasteiger partial charge in [0.15, 0.2) is 5.03 Å². The number of hydrogen-bond donors (Lipinski definition) is 2. The number of anilines is 2. The van der Waals surface area contributed by atoms with Crippen LogP contribution in [0.3, 0.4) is 0 Å². The summed E-state index contributed by atoms with van der Waals surface area (Å²) in [5.74, 6) is 0.704. The first-order valence-electron chi connectivity index (χ1n) is 11.3. The van der Waals surface area contributed by atoms with E-state index < -0.39 is 10.0 Å². The molecule has 0 radical (unpaired) electrons. The number of rotatable bonds is 6. The van der Waals surface area contributed by atoms with Crippen molar-refractivity contribution in [2.45, 2.75) is 30.8 Å². The van der Waals surface area contributed by atoms with Gasteiger partial charge in [-0.1, -0.05) is 11.6 Å². The maximum absolute atomic E-state index is 12.8. The van der Waals surface area contributed by atoms with Gasteiger partial charge in [0.25, 0.3) is 10.0 Å². The molecule has 12 nitrogen and oxygen atoms in total. The molecular formula is C22H25ClN10O2S. The van der Waals surface area contributed by atoms with Gasteiger partial charge in [-0.15, -0.1) is 0 Å². The van der Waals surface area contributed by atoms with Crippen LogP contribution in [0.1, 0.15) is 18.4 Å². The third-order valence-electron chi connectivity index (χ3n) is 6.04. The second kappa shape index (κ2) is 9.48. The van der Waals surface area contributed by atoms with Gasteiger partial charge in [-0.25, -0.2) is 33.0 Å². The molecular weight excluding hydrogens is 504 g/mol. The molecule has 0 amide bonds. The van der Waals surface area contributed by atoms with Crippen LogP contribution in [0.2, 0.25) is 5.02 Å². The van der Waals surface area contributed by atoms with Crippen molar-refractivity contribution in [3.05, 3.63) is 54.0 Å². The molecule has 5 heterocycles. The van der Waals surface area contributed by atoms with Crippen LogP contribution in [0.15, 0.2) is 48.4 Å². The lowest BCUT2D eigenvalue weighted by Crippen LogP contribution is -2.42. The molecule has 3 N–H and O–H groups in total. The van der Waals surface area contributed by atoms with E-state index in [-0.39, 0.29) is 16.9 Å². The fourth-order valence-electron chi connectivity index (χ4n) is 4.08. The molecule has 1 fully saturated rings. The third-order valence-corrected chi connectivity index (χ3v) is 8.21. The number of aromatic nitrogens is 7. The highest BCUT2D eigenvalue weighted by Crippen LogP contribution is 2.28. The Hall–Kier alpha value is -3.55. The Kier molecular flexibility index (Phi) is 6.36. The van der Waals surface area contributed by atoms with Gasteiger partial charge in [0.05, 0.1) is 23.9 Å². The number of imidazole rings is 1. The number of nitrogen functional groups attached to an aromatic ring is 1. The van der Waals surface area contributed by atoms with E-state index in [0.717, 1.165) is 16.8 Å². The Labute approximate surface area is 213 Å². The first kappa shape index (κ1) is 24.2. The van der Waals surface area contributed by atoms with E-state index in [2.05, 4.69) is 25.4 Å². The second-order valence-corrected chi connectivity index (χ2v) is 10.9. The average molecular weight is 529 g/mol. The van der Waals surface area contributed by atoms with Crippen LogP contribution in [0.4, 0.5) is 11.8 Å². The zero-order valence-corrected chi connectivity index (χ0v) is 21.3. The molecule has 0 bridgehead atoms. The predicted octanol–water partition coefficient (Wildman–Crippen LogP) is 2.27. The minimum atomic E-state index is -3.60. The highest BCUT2D eigenvalue weighted by atomic mass is 35.5. The van der Waals surface area contributed by atoms with E-state index in [1.807, 2.05) is 13.1 Å². The minimum Gasteiger partial charge on any atom is -0.382 e. The molecule has 14 heteroatoms. The molecule has 4 aromatic rings. The van der Waals surface area contributed by atoms with Crippen molar-refractivity contribution in [1.29, 1.82) is 0 Å². The lowest BCUT2D eigenvalue weighted by Gasteiger charge is -2.31. The van der Waals surface area contributed by atoms with Gasteiger partial charge in [0.1, 0.15) is 10.8 Å². The number of sulfonamides is 1. The quantitative estimate of drug-likeness (QED) is 0.384. The first-order chi connectivity index (χ1) is 17.2. The molecule has 1 saturated heterocycles. The van der Waals surface area contributed by atoms with Crippen molar-refractivity contribution in [3.63, 3.8) is 0 Å². The molecule has 0 unspecified atom stereocenters. The molecule has 0 aliphatic carbocycles. The SMILES string of the molecule is Cc1cnc(NC2CCN(S(=O)(=O)c3cn(C)cn3)CC2)nc1-c1cnn(-c2ccnc(N)c2Cl)c1. The average Bonchev–Trinajstić information content (AvgIpc) is 3.52. The van der Waals surface area contributed by atoms with Crippen LogP contribution >= 0.6 is 11.6 Å². The summed E-state index contributed by atoms with van der Waals surface area (Å²) in [6, 6.07) is 1.77. The Balaban J connectivity index is 1.29. The van der Waals surface area contributed by atoms with Gasteiger partial charge in [-0.05, 0) is 31.4 Å². The van der Waals surface area contributed by atoms with Crippen molar-refractivity contribution in [2.24, 2.45) is 7.05 Å². The number of pyridine rings is 1. The van der Waals surface area contributed by atoms with E-state index in [4.69, 9.17) is 22.3 Å². The van der Waals surface area contributed by atoms with E-state index in [1.165, 1.54) is 16.8 Å². The fraction of sp³-hybridized carbons (Fsp3) is 0.318. The summed E-state index contributed by atoms with van der Waals surface area (Å²) in [6.07, 6.45) is 11.1. The molecule has 0 saturated carbocycles. The molecule has 4 aromatic heterocycles. The van der Waals surface area contributed by atoms with Crippen LogP contribution in [0.25, 0.3) is 16.9 Å². The van der Waals surface area contributed by atoms with Gasteiger partial charge in [0.2, 0.25) is 5.95 Å². The summed E-state index contributed by atoms with van der Waals surface area (Å²) in [5.41, 5.74) is 8.84. The Morgan fingerprint density at radius 1 is 1.14 bits per heavy atom. The molecule has 1 aliphatic heterocycles. The molecule has 0 spiro atoms. The predicted molar refractivity (Wildman–Crippen MR) is 135 cm³/mol. The standard InChI is InChI=1S/C22H25ClN10O2S/c1-14-9-26-22(29-16-4-7-32(8-5-16)36(34,35)18-12-31(2)13-27-18)30-20(14)15-10-28-33(11-15)17-3-6-25-21(24)19(17)23/h3,6,9-13,16H,4-5,7-8H2,1-2H3,(H2,24,25)(H,26,29,30). The Morgan fingerprint density at radius 2 is 1.92 bits per heavy atom. The number of piperidine rings is 1. The summed E-state index contributed by atoms with van der Waals surface area (Å²) in [5, 5.41) is 8.15. The third kappa shape index (κ3) is 4.64. The van der Waals surface area contributed by atoms with Gasteiger partial charge < -0.3 is 15.6 Å². The summed E-state index contributed by atoms with van der Waals surface area (Å²) < 4.78 is 30.4. The van der Waals surface area contributed by atoms with Crippen molar-refractivity contribution >= 4 is 33.4 Å². The van der Waals surface area contributed by atoms with Crippen LogP contribution in [0, 0.1) is 6.92 Å². The number of aryl methyl sites for hydroxylation is 2. The van der Waals surface area contributed by atoms with Crippen molar-refractivity contribution in [1.82, 2.24) is 38.6 Å². The smallest absolute Gasteiger partial charge is 0.262 e. The summed E-state index contributed by atoms with van der Waals surface area (Å²) in [7, 11) is -1.86. The van der Waals surface area contributed by atoms with Gasteiger partial charge >= 0.3 is 0 Å². The molecule has 36 heavy (non-hydrogen) atoms. The van der Waals surface area contributed by atoms with Crippen LogP contribution in [0.5, 0.6) is 0 Å². The monoisotopic (exact) mass is 528 g/mol. The van der Waals surface area contributed by atoms with Crippen molar-refractivity contribution in [2.75, 3.05) is 24.1 Å². The van der Waals surface area contributed by atoms with E-state index in [9.17, 15) is 8.42 Å². The number of nitrogens with zero attached hydrogens (tertiary/aromatic N) is 8. The van der Waals surface area contributed by atoms with Crippen LogP contribution in [-0.4, -0.2) is 66.1 Å². The Morgan fingerprint density at radius 3 is 2.64 bits per heavy atom. The van der Waals surface area contributed by atoms with Gasteiger partial charge in [0, 0.05) is 56.5 Å².